The molecule has 0 fully saturated rings. The molecule has 236 valence electrons. The van der Waals surface area contributed by atoms with Crippen LogP contribution in [-0.4, -0.2) is 0 Å². The van der Waals surface area contributed by atoms with Crippen LogP contribution in [0.2, 0.25) is 0 Å². The third-order valence-electron chi connectivity index (χ3n) is 11.3. The van der Waals surface area contributed by atoms with Gasteiger partial charge in [-0.25, -0.2) is 0 Å². The normalized spacial score (nSPS) is 18.4. The van der Waals surface area contributed by atoms with Crippen molar-refractivity contribution < 1.29 is 4.74 Å². The summed E-state index contributed by atoms with van der Waals surface area (Å²) in [6.45, 7) is 2.33. The Morgan fingerprint density at radius 1 is 0.400 bits per heavy atom. The lowest BCUT2D eigenvalue weighted by atomic mass is 9.67. The third-order valence-corrected chi connectivity index (χ3v) is 11.3. The van der Waals surface area contributed by atoms with Gasteiger partial charge in [0.2, 0.25) is 0 Å². The summed E-state index contributed by atoms with van der Waals surface area (Å²) < 4.78 is 6.83. The number of benzene rings is 8. The molecule has 0 bridgehead atoms. The summed E-state index contributed by atoms with van der Waals surface area (Å²) >= 11 is 0. The van der Waals surface area contributed by atoms with Crippen LogP contribution in [0.25, 0.3) is 33.0 Å². The summed E-state index contributed by atoms with van der Waals surface area (Å²) in [7, 11) is 0. The predicted octanol–water partition coefficient (Wildman–Crippen LogP) is 12.3. The van der Waals surface area contributed by atoms with Gasteiger partial charge in [-0.05, 0) is 68.3 Å². The van der Waals surface area contributed by atoms with E-state index in [0.29, 0.717) is 0 Å². The van der Waals surface area contributed by atoms with Gasteiger partial charge in [0.1, 0.15) is 11.5 Å². The molecule has 0 aromatic heterocycles. The average molecular weight is 639 g/mol. The van der Waals surface area contributed by atoms with Crippen molar-refractivity contribution in [3.05, 3.63) is 227 Å². The van der Waals surface area contributed by atoms with Crippen molar-refractivity contribution in [3.63, 3.8) is 0 Å². The van der Waals surface area contributed by atoms with Gasteiger partial charge in [-0.3, -0.25) is 0 Å². The maximum Gasteiger partial charge on any atom is 0.139 e. The highest BCUT2D eigenvalue weighted by atomic mass is 16.5. The molecule has 0 amide bonds. The number of fused-ring (bicyclic) bond motifs is 7. The maximum atomic E-state index is 6.83. The molecule has 0 saturated heterocycles. The van der Waals surface area contributed by atoms with Crippen LogP contribution in [0.4, 0.5) is 0 Å². The number of para-hydroxylation sites is 2. The molecule has 0 spiro atoms. The molecule has 0 radical (unpaired) electrons. The second-order valence-electron chi connectivity index (χ2n) is 13.7. The highest BCUT2D eigenvalue weighted by Gasteiger charge is 2.47. The Morgan fingerprint density at radius 2 is 1.00 bits per heavy atom. The molecule has 1 aliphatic carbocycles. The molecule has 1 aliphatic heterocycles. The molecule has 2 unspecified atom stereocenters. The fraction of sp³-hybridized carbons (Fsp3) is 0.0612. The zero-order valence-corrected chi connectivity index (χ0v) is 27.8. The number of rotatable bonds is 4. The van der Waals surface area contributed by atoms with Crippen molar-refractivity contribution in [1.82, 2.24) is 0 Å². The lowest BCUT2D eigenvalue weighted by Gasteiger charge is -2.39. The van der Waals surface area contributed by atoms with Crippen molar-refractivity contribution >= 4 is 10.8 Å². The molecule has 8 aromatic rings. The Hall–Kier alpha value is -6.18. The zero-order chi connectivity index (χ0) is 33.3. The monoisotopic (exact) mass is 638 g/mol. The van der Waals surface area contributed by atoms with Gasteiger partial charge in [-0.1, -0.05) is 182 Å². The molecule has 2 aliphatic rings. The van der Waals surface area contributed by atoms with Gasteiger partial charge in [0, 0.05) is 22.1 Å². The molecule has 2 atom stereocenters. The summed E-state index contributed by atoms with van der Waals surface area (Å²) in [6, 6.07) is 68.6. The molecule has 8 aromatic carbocycles. The minimum Gasteiger partial charge on any atom is -0.456 e. The first kappa shape index (κ1) is 28.8. The van der Waals surface area contributed by atoms with Crippen molar-refractivity contribution in [2.24, 2.45) is 0 Å². The summed E-state index contributed by atoms with van der Waals surface area (Å²) in [6.07, 6.45) is 0. The Bertz CT molecular complexity index is 2570. The Labute approximate surface area is 293 Å². The minimum absolute atomic E-state index is 0.362. The van der Waals surface area contributed by atoms with Crippen LogP contribution in [0, 0.1) is 0 Å². The first-order chi connectivity index (χ1) is 24.7. The Balaban J connectivity index is 1.18. The highest BCUT2D eigenvalue weighted by Crippen LogP contribution is 2.58. The van der Waals surface area contributed by atoms with Gasteiger partial charge in [-0.2, -0.15) is 0 Å². The van der Waals surface area contributed by atoms with E-state index >= 15 is 0 Å². The van der Waals surface area contributed by atoms with Crippen molar-refractivity contribution in [1.29, 1.82) is 0 Å². The van der Waals surface area contributed by atoms with Gasteiger partial charge in [0.15, 0.2) is 0 Å². The molecular formula is C49H34O. The van der Waals surface area contributed by atoms with E-state index in [2.05, 4.69) is 195 Å². The zero-order valence-electron chi connectivity index (χ0n) is 27.8. The molecule has 10 rings (SSSR count). The molecule has 0 saturated carbocycles. The van der Waals surface area contributed by atoms with Crippen LogP contribution in [0.5, 0.6) is 11.5 Å². The van der Waals surface area contributed by atoms with E-state index < -0.39 is 5.41 Å². The van der Waals surface area contributed by atoms with Gasteiger partial charge in [-0.15, -0.1) is 0 Å². The quantitative estimate of drug-likeness (QED) is 0.186. The van der Waals surface area contributed by atoms with Gasteiger partial charge in [0.05, 0.1) is 5.41 Å². The topological polar surface area (TPSA) is 9.23 Å². The van der Waals surface area contributed by atoms with E-state index in [1.54, 1.807) is 0 Å². The summed E-state index contributed by atoms with van der Waals surface area (Å²) in [5, 5.41) is 2.56. The van der Waals surface area contributed by atoms with E-state index in [1.807, 2.05) is 0 Å². The molecule has 1 heteroatoms. The summed E-state index contributed by atoms with van der Waals surface area (Å²) in [5.41, 5.74) is 12.8. The molecular weight excluding hydrogens is 605 g/mol. The van der Waals surface area contributed by atoms with Crippen molar-refractivity contribution in [3.8, 4) is 33.8 Å². The molecule has 1 nitrogen and oxygen atoms in total. The standard InChI is InChI=1S/C49H34O/c1-48(35-16-4-2-5-17-35)42-24-12-13-26-45(42)50-47-39(22-14-25-44(47)48)34-27-30-37(31-28-34)49(36-18-6-3-7-19-36)41-23-11-10-21-40(41)46-38-20-9-8-15-33(38)29-32-43(46)49/h2-32H,1H3. The summed E-state index contributed by atoms with van der Waals surface area (Å²) in [4.78, 5) is 0. The van der Waals surface area contributed by atoms with E-state index in [9.17, 15) is 0 Å². The molecule has 50 heavy (non-hydrogen) atoms. The lowest BCUT2D eigenvalue weighted by Crippen LogP contribution is -2.29. The number of hydrogen-bond donors (Lipinski definition) is 0. The van der Waals surface area contributed by atoms with Crippen molar-refractivity contribution in [2.75, 3.05) is 0 Å². The van der Waals surface area contributed by atoms with Crippen LogP contribution in [0.1, 0.15) is 45.9 Å². The minimum atomic E-state index is -0.465. The van der Waals surface area contributed by atoms with Gasteiger partial charge >= 0.3 is 0 Å². The van der Waals surface area contributed by atoms with Crippen LogP contribution in [-0.2, 0) is 10.8 Å². The molecule has 0 N–H and O–H groups in total. The fourth-order valence-electron chi connectivity index (χ4n) is 9.00. The SMILES string of the molecule is CC1(c2ccccc2)c2ccccc2Oc2c(-c3ccc(C4(c5ccccc5)c5ccccc5-c5c4ccc4ccccc54)cc3)cccc21. The highest BCUT2D eigenvalue weighted by molar-refractivity contribution is 6.04. The van der Waals surface area contributed by atoms with Crippen LogP contribution < -0.4 is 4.74 Å². The van der Waals surface area contributed by atoms with E-state index in [4.69, 9.17) is 4.74 Å². The maximum absolute atomic E-state index is 6.83. The van der Waals surface area contributed by atoms with E-state index in [1.165, 1.54) is 60.8 Å². The predicted molar refractivity (Wildman–Crippen MR) is 205 cm³/mol. The fourth-order valence-corrected chi connectivity index (χ4v) is 9.00. The lowest BCUT2D eigenvalue weighted by molar-refractivity contribution is 0.429. The first-order valence-electron chi connectivity index (χ1n) is 17.4. The Morgan fingerprint density at radius 3 is 1.80 bits per heavy atom. The number of ether oxygens (including phenoxy) is 1. The van der Waals surface area contributed by atoms with Crippen LogP contribution in [0.15, 0.2) is 188 Å². The van der Waals surface area contributed by atoms with Crippen LogP contribution >= 0.6 is 0 Å². The Kier molecular flexibility index (Phi) is 6.29. The van der Waals surface area contributed by atoms with E-state index in [0.717, 1.165) is 22.6 Å². The third kappa shape index (κ3) is 3.89. The van der Waals surface area contributed by atoms with E-state index in [-0.39, 0.29) is 5.41 Å². The second-order valence-corrected chi connectivity index (χ2v) is 13.7. The first-order valence-corrected chi connectivity index (χ1v) is 17.4. The van der Waals surface area contributed by atoms with Gasteiger partial charge in [0.25, 0.3) is 0 Å². The second kappa shape index (κ2) is 10.9. The van der Waals surface area contributed by atoms with Crippen molar-refractivity contribution in [2.45, 2.75) is 17.8 Å². The largest absolute Gasteiger partial charge is 0.456 e. The average Bonchev–Trinajstić information content (AvgIpc) is 3.50. The van der Waals surface area contributed by atoms with Crippen LogP contribution in [0.3, 0.4) is 0 Å². The number of hydrogen-bond acceptors (Lipinski definition) is 1. The van der Waals surface area contributed by atoms with Gasteiger partial charge < -0.3 is 4.74 Å². The smallest absolute Gasteiger partial charge is 0.139 e. The molecule has 1 heterocycles. The summed E-state index contributed by atoms with van der Waals surface area (Å²) in [5.74, 6) is 1.83.